The topological polar surface area (TPSA) is 75.3 Å². The van der Waals surface area contributed by atoms with Crippen LogP contribution in [-0.2, 0) is 0 Å². The molecule has 1 aromatic heterocycles. The molecule has 1 atom stereocenters. The molecule has 1 unspecified atom stereocenters. The Morgan fingerprint density at radius 1 is 1.42 bits per heavy atom. The zero-order chi connectivity index (χ0) is 14.0. The van der Waals surface area contributed by atoms with Gasteiger partial charge >= 0.3 is 0 Å². The average Bonchev–Trinajstić information content (AvgIpc) is 2.41. The lowest BCUT2D eigenvalue weighted by Crippen LogP contribution is -2.43. The van der Waals surface area contributed by atoms with Crippen LogP contribution in [0.3, 0.4) is 0 Å². The van der Waals surface area contributed by atoms with Crippen molar-refractivity contribution in [3.8, 4) is 0 Å². The van der Waals surface area contributed by atoms with E-state index in [1.165, 1.54) is 0 Å². The summed E-state index contributed by atoms with van der Waals surface area (Å²) < 4.78 is 0. The van der Waals surface area contributed by atoms with E-state index in [9.17, 15) is 5.11 Å². The van der Waals surface area contributed by atoms with Crippen LogP contribution in [0, 0.1) is 13.8 Å². The summed E-state index contributed by atoms with van der Waals surface area (Å²) in [6, 6.07) is 0.0817. The van der Waals surface area contributed by atoms with Crippen LogP contribution < -0.4 is 10.6 Å². The Labute approximate surface area is 118 Å². The number of aliphatic hydroxyl groups excluding tert-OH is 1. The standard InChI is InChI=1S/C13H20N4OS/c1-8-9(2)15-16-13(11(8)12(14)19)17-6-4-3-5-10(17)7-18/h10,18H,3-7H2,1-2H3,(H2,14,19). The Morgan fingerprint density at radius 2 is 2.16 bits per heavy atom. The fourth-order valence-electron chi connectivity index (χ4n) is 2.56. The van der Waals surface area contributed by atoms with Crippen LogP contribution in [0.5, 0.6) is 0 Å². The van der Waals surface area contributed by atoms with E-state index in [2.05, 4.69) is 15.1 Å². The maximum atomic E-state index is 9.52. The SMILES string of the molecule is Cc1nnc(N2CCCCC2CO)c(C(N)=S)c1C. The minimum atomic E-state index is 0.0817. The van der Waals surface area contributed by atoms with E-state index < -0.39 is 0 Å². The molecule has 0 aromatic carbocycles. The second-order valence-corrected chi connectivity index (χ2v) is 5.44. The Hall–Kier alpha value is -1.27. The normalized spacial score (nSPS) is 19.5. The average molecular weight is 280 g/mol. The first-order valence-electron chi connectivity index (χ1n) is 6.57. The summed E-state index contributed by atoms with van der Waals surface area (Å²) in [4.78, 5) is 2.44. The number of anilines is 1. The van der Waals surface area contributed by atoms with Crippen LogP contribution in [0.4, 0.5) is 5.82 Å². The molecular weight excluding hydrogens is 260 g/mol. The van der Waals surface area contributed by atoms with Crippen LogP contribution in [0.2, 0.25) is 0 Å². The molecule has 6 heteroatoms. The molecule has 0 radical (unpaired) electrons. The van der Waals surface area contributed by atoms with Crippen LogP contribution in [0.25, 0.3) is 0 Å². The maximum Gasteiger partial charge on any atom is 0.162 e. The highest BCUT2D eigenvalue weighted by Gasteiger charge is 2.27. The first-order chi connectivity index (χ1) is 9.06. The van der Waals surface area contributed by atoms with Gasteiger partial charge in [-0.3, -0.25) is 0 Å². The highest BCUT2D eigenvalue weighted by Crippen LogP contribution is 2.28. The van der Waals surface area contributed by atoms with Gasteiger partial charge in [-0.05, 0) is 38.7 Å². The van der Waals surface area contributed by atoms with E-state index >= 15 is 0 Å². The van der Waals surface area contributed by atoms with Gasteiger partial charge in [0.15, 0.2) is 5.82 Å². The predicted molar refractivity (Wildman–Crippen MR) is 79.5 cm³/mol. The number of hydrogen-bond acceptors (Lipinski definition) is 5. The molecule has 0 saturated carbocycles. The minimum Gasteiger partial charge on any atom is -0.394 e. The summed E-state index contributed by atoms with van der Waals surface area (Å²) in [5, 5.41) is 18.0. The van der Waals surface area contributed by atoms with Gasteiger partial charge in [0.25, 0.3) is 0 Å². The molecule has 0 aliphatic carbocycles. The van der Waals surface area contributed by atoms with Gasteiger partial charge in [-0.25, -0.2) is 0 Å². The zero-order valence-corrected chi connectivity index (χ0v) is 12.2. The van der Waals surface area contributed by atoms with Crippen molar-refractivity contribution in [2.45, 2.75) is 39.2 Å². The van der Waals surface area contributed by atoms with Gasteiger partial charge in [0, 0.05) is 6.54 Å². The van der Waals surface area contributed by atoms with Gasteiger partial charge in [0.1, 0.15) is 4.99 Å². The smallest absolute Gasteiger partial charge is 0.162 e. The van der Waals surface area contributed by atoms with Gasteiger partial charge in [-0.15, -0.1) is 5.10 Å². The number of aryl methyl sites for hydroxylation is 1. The number of nitrogens with zero attached hydrogens (tertiary/aromatic N) is 3. The Balaban J connectivity index is 2.49. The summed E-state index contributed by atoms with van der Waals surface area (Å²) in [5.41, 5.74) is 8.46. The molecule has 5 nitrogen and oxygen atoms in total. The highest BCUT2D eigenvalue weighted by atomic mass is 32.1. The molecule has 1 aromatic rings. The zero-order valence-electron chi connectivity index (χ0n) is 11.4. The summed E-state index contributed by atoms with van der Waals surface area (Å²) >= 11 is 5.16. The first-order valence-corrected chi connectivity index (χ1v) is 6.98. The summed E-state index contributed by atoms with van der Waals surface area (Å²) in [6.45, 7) is 4.83. The van der Waals surface area contributed by atoms with Gasteiger partial charge in [-0.1, -0.05) is 12.2 Å². The number of nitrogens with two attached hydrogens (primary N) is 1. The molecule has 1 aliphatic heterocycles. The van der Waals surface area contributed by atoms with Crippen LogP contribution in [0.15, 0.2) is 0 Å². The van der Waals surface area contributed by atoms with Crippen LogP contribution in [0.1, 0.15) is 36.1 Å². The van der Waals surface area contributed by atoms with E-state index in [1.807, 2.05) is 13.8 Å². The van der Waals surface area contributed by atoms with Crippen molar-refractivity contribution < 1.29 is 5.11 Å². The minimum absolute atomic E-state index is 0.0817. The molecule has 104 valence electrons. The summed E-state index contributed by atoms with van der Waals surface area (Å²) in [7, 11) is 0. The van der Waals surface area contributed by atoms with Crippen molar-refractivity contribution in [3.63, 3.8) is 0 Å². The quantitative estimate of drug-likeness (QED) is 0.807. The van der Waals surface area contributed by atoms with Crippen molar-refractivity contribution >= 4 is 23.0 Å². The first kappa shape index (κ1) is 14.1. The van der Waals surface area contributed by atoms with E-state index in [-0.39, 0.29) is 12.6 Å². The van der Waals surface area contributed by atoms with E-state index in [4.69, 9.17) is 18.0 Å². The molecular formula is C13H20N4OS. The van der Waals surface area contributed by atoms with Gasteiger partial charge in [0.05, 0.1) is 23.9 Å². The second kappa shape index (κ2) is 5.79. The van der Waals surface area contributed by atoms with Gasteiger partial charge in [-0.2, -0.15) is 5.10 Å². The lowest BCUT2D eigenvalue weighted by atomic mass is 10.0. The van der Waals surface area contributed by atoms with Crippen molar-refractivity contribution in [2.24, 2.45) is 5.73 Å². The second-order valence-electron chi connectivity index (χ2n) is 5.00. The Morgan fingerprint density at radius 3 is 2.79 bits per heavy atom. The van der Waals surface area contributed by atoms with E-state index in [0.29, 0.717) is 10.8 Å². The largest absolute Gasteiger partial charge is 0.394 e. The van der Waals surface area contributed by atoms with Crippen molar-refractivity contribution in [1.82, 2.24) is 10.2 Å². The summed E-state index contributed by atoms with van der Waals surface area (Å²) in [5.74, 6) is 0.717. The van der Waals surface area contributed by atoms with Crippen molar-refractivity contribution in [1.29, 1.82) is 0 Å². The van der Waals surface area contributed by atoms with Gasteiger partial charge < -0.3 is 15.7 Å². The Kier molecular flexibility index (Phi) is 4.31. The van der Waals surface area contributed by atoms with E-state index in [1.54, 1.807) is 0 Å². The highest BCUT2D eigenvalue weighted by molar-refractivity contribution is 7.80. The molecule has 2 rings (SSSR count). The molecule has 0 bridgehead atoms. The molecule has 1 saturated heterocycles. The number of thiocarbonyl (C=S) groups is 1. The number of aromatic nitrogens is 2. The predicted octanol–water partition coefficient (Wildman–Crippen LogP) is 1.08. The maximum absolute atomic E-state index is 9.52. The molecule has 0 amide bonds. The number of rotatable bonds is 3. The molecule has 0 spiro atoms. The fourth-order valence-corrected chi connectivity index (χ4v) is 2.81. The van der Waals surface area contributed by atoms with E-state index in [0.717, 1.165) is 42.6 Å². The number of aliphatic hydroxyl groups is 1. The molecule has 1 fully saturated rings. The molecule has 2 heterocycles. The van der Waals surface area contributed by atoms with Crippen LogP contribution in [-0.4, -0.2) is 39.5 Å². The fraction of sp³-hybridized carbons (Fsp3) is 0.615. The van der Waals surface area contributed by atoms with Crippen LogP contribution >= 0.6 is 12.2 Å². The third-order valence-corrected chi connectivity index (χ3v) is 4.00. The monoisotopic (exact) mass is 280 g/mol. The lowest BCUT2D eigenvalue weighted by Gasteiger charge is -2.36. The lowest BCUT2D eigenvalue weighted by molar-refractivity contribution is 0.239. The van der Waals surface area contributed by atoms with Crippen molar-refractivity contribution in [3.05, 3.63) is 16.8 Å². The third kappa shape index (κ3) is 2.69. The Bertz CT molecular complexity index is 492. The molecule has 3 N–H and O–H groups in total. The number of piperidine rings is 1. The van der Waals surface area contributed by atoms with Gasteiger partial charge in [0.2, 0.25) is 0 Å². The molecule has 19 heavy (non-hydrogen) atoms. The summed E-state index contributed by atoms with van der Waals surface area (Å²) in [6.07, 6.45) is 3.17. The third-order valence-electron chi connectivity index (χ3n) is 3.79. The number of hydrogen-bond donors (Lipinski definition) is 2. The molecule has 1 aliphatic rings. The van der Waals surface area contributed by atoms with Crippen molar-refractivity contribution in [2.75, 3.05) is 18.1 Å².